The number of rotatable bonds is 5. The molecule has 3 atom stereocenters. The number of likely N-dealkylation sites (N-methyl/N-ethyl adjacent to an activating group) is 1. The summed E-state index contributed by atoms with van der Waals surface area (Å²) in [6.45, 7) is 3.42. The van der Waals surface area contributed by atoms with Crippen LogP contribution >= 0.6 is 0 Å². The molecule has 1 saturated carbocycles. The fourth-order valence-corrected chi connectivity index (χ4v) is 5.30. The molecule has 0 aromatic heterocycles. The molecule has 0 spiro atoms. The third kappa shape index (κ3) is 4.97. The average Bonchev–Trinajstić information content (AvgIpc) is 2.86. The summed E-state index contributed by atoms with van der Waals surface area (Å²) in [7, 11) is 1.90. The highest BCUT2D eigenvalue weighted by Crippen LogP contribution is 2.35. The molecule has 0 aromatic rings. The largest absolute Gasteiger partial charge is 0.480 e. The number of nitrogens with zero attached hydrogens (tertiary/aromatic N) is 3. The van der Waals surface area contributed by atoms with Gasteiger partial charge in [0.25, 0.3) is 0 Å². The molecule has 1 amide bonds. The molecule has 3 fully saturated rings. The number of carboxylic acid groups (broad SMARTS) is 1. The summed E-state index contributed by atoms with van der Waals surface area (Å²) in [5.74, 6) is 0.287. The molecule has 26 heavy (non-hydrogen) atoms. The predicted molar refractivity (Wildman–Crippen MR) is 101 cm³/mol. The lowest BCUT2D eigenvalue weighted by molar-refractivity contribution is -0.139. The van der Waals surface area contributed by atoms with E-state index in [0.717, 1.165) is 51.2 Å². The van der Waals surface area contributed by atoms with Crippen molar-refractivity contribution < 1.29 is 14.7 Å². The number of piperidine rings is 1. The minimum Gasteiger partial charge on any atom is -0.480 e. The van der Waals surface area contributed by atoms with Gasteiger partial charge in [0.2, 0.25) is 5.91 Å². The number of amides is 1. The Bertz CT molecular complexity index is 497. The number of likely N-dealkylation sites (tertiary alicyclic amines) is 2. The van der Waals surface area contributed by atoms with Crippen molar-refractivity contribution in [3.05, 3.63) is 0 Å². The molecule has 2 aliphatic heterocycles. The Hall–Kier alpha value is -1.14. The van der Waals surface area contributed by atoms with Crippen LogP contribution in [-0.2, 0) is 9.59 Å². The van der Waals surface area contributed by atoms with Crippen molar-refractivity contribution in [3.8, 4) is 0 Å². The van der Waals surface area contributed by atoms with E-state index in [-0.39, 0.29) is 6.54 Å². The number of hydrogen-bond donors (Lipinski definition) is 1. The molecule has 2 saturated heterocycles. The molecule has 2 heterocycles. The van der Waals surface area contributed by atoms with E-state index < -0.39 is 5.97 Å². The number of fused-ring (bicyclic) bond motifs is 1. The zero-order valence-corrected chi connectivity index (χ0v) is 16.2. The van der Waals surface area contributed by atoms with Gasteiger partial charge in [-0.25, -0.2) is 0 Å². The van der Waals surface area contributed by atoms with Gasteiger partial charge in [-0.05, 0) is 64.5 Å². The molecular weight excluding hydrogens is 330 g/mol. The normalized spacial score (nSPS) is 30.7. The van der Waals surface area contributed by atoms with Crippen LogP contribution in [0.5, 0.6) is 0 Å². The Labute approximate surface area is 157 Å². The van der Waals surface area contributed by atoms with Gasteiger partial charge in [0, 0.05) is 25.2 Å². The SMILES string of the molecule is CN(CC(=O)O)C1CCCN(CC(=O)N2CCCC3CCCCC32)CC1. The lowest BCUT2D eigenvalue weighted by Crippen LogP contribution is -2.52. The monoisotopic (exact) mass is 365 g/mol. The quantitative estimate of drug-likeness (QED) is 0.808. The first-order valence-corrected chi connectivity index (χ1v) is 10.5. The lowest BCUT2D eigenvalue weighted by Gasteiger charge is -2.44. The number of aliphatic carboxylic acids is 1. The number of carbonyl (C=O) groups excluding carboxylic acids is 1. The number of hydrogen-bond acceptors (Lipinski definition) is 4. The highest BCUT2D eigenvalue weighted by molar-refractivity contribution is 5.78. The maximum atomic E-state index is 13.0. The fourth-order valence-electron chi connectivity index (χ4n) is 5.30. The highest BCUT2D eigenvalue weighted by atomic mass is 16.4. The summed E-state index contributed by atoms with van der Waals surface area (Å²) in [6, 6.07) is 0.801. The van der Waals surface area contributed by atoms with Gasteiger partial charge in [0.1, 0.15) is 0 Å². The molecule has 0 aromatic carbocycles. The molecule has 1 aliphatic carbocycles. The van der Waals surface area contributed by atoms with Crippen LogP contribution in [0, 0.1) is 5.92 Å². The van der Waals surface area contributed by atoms with Gasteiger partial charge in [-0.1, -0.05) is 12.8 Å². The summed E-state index contributed by atoms with van der Waals surface area (Å²) < 4.78 is 0. The van der Waals surface area contributed by atoms with Crippen molar-refractivity contribution in [2.75, 3.05) is 39.8 Å². The fraction of sp³-hybridized carbons (Fsp3) is 0.900. The molecule has 3 aliphatic rings. The topological polar surface area (TPSA) is 64.1 Å². The van der Waals surface area contributed by atoms with E-state index in [1.165, 1.54) is 32.1 Å². The first kappa shape index (κ1) is 19.6. The molecule has 0 radical (unpaired) electrons. The predicted octanol–water partition coefficient (Wildman–Crippen LogP) is 2.04. The van der Waals surface area contributed by atoms with Crippen LogP contribution in [0.4, 0.5) is 0 Å². The highest BCUT2D eigenvalue weighted by Gasteiger charge is 2.36. The van der Waals surface area contributed by atoms with Gasteiger partial charge in [-0.3, -0.25) is 19.4 Å². The molecule has 3 unspecified atom stereocenters. The molecule has 6 heteroatoms. The minimum absolute atomic E-state index is 0.0977. The van der Waals surface area contributed by atoms with Gasteiger partial charge < -0.3 is 10.0 Å². The van der Waals surface area contributed by atoms with E-state index in [4.69, 9.17) is 5.11 Å². The van der Waals surface area contributed by atoms with Crippen LogP contribution in [0.3, 0.4) is 0 Å². The number of carboxylic acids is 1. The molecule has 1 N–H and O–H groups in total. The smallest absolute Gasteiger partial charge is 0.317 e. The molecule has 0 bridgehead atoms. The Morgan fingerprint density at radius 1 is 0.962 bits per heavy atom. The van der Waals surface area contributed by atoms with Crippen molar-refractivity contribution in [1.82, 2.24) is 14.7 Å². The second-order valence-electron chi connectivity index (χ2n) is 8.51. The third-order valence-electron chi connectivity index (χ3n) is 6.72. The van der Waals surface area contributed by atoms with Crippen molar-refractivity contribution in [2.45, 2.75) is 69.9 Å². The summed E-state index contributed by atoms with van der Waals surface area (Å²) in [5.41, 5.74) is 0. The van der Waals surface area contributed by atoms with Gasteiger partial charge in [-0.15, -0.1) is 0 Å². The minimum atomic E-state index is -0.768. The van der Waals surface area contributed by atoms with Crippen molar-refractivity contribution >= 4 is 11.9 Å². The summed E-state index contributed by atoms with van der Waals surface area (Å²) in [4.78, 5) is 30.4. The zero-order chi connectivity index (χ0) is 18.5. The first-order valence-electron chi connectivity index (χ1n) is 10.5. The Morgan fingerprint density at radius 3 is 2.50 bits per heavy atom. The van der Waals surface area contributed by atoms with Crippen LogP contribution in [0.15, 0.2) is 0 Å². The second kappa shape index (κ2) is 9.18. The zero-order valence-electron chi connectivity index (χ0n) is 16.2. The van der Waals surface area contributed by atoms with Crippen LogP contribution in [0.1, 0.15) is 57.8 Å². The summed E-state index contributed by atoms with van der Waals surface area (Å²) in [6.07, 6.45) is 10.6. The van der Waals surface area contributed by atoms with Gasteiger partial charge in [-0.2, -0.15) is 0 Å². The Kier molecular flexibility index (Phi) is 6.92. The van der Waals surface area contributed by atoms with E-state index in [2.05, 4.69) is 9.80 Å². The first-order chi connectivity index (χ1) is 12.5. The van der Waals surface area contributed by atoms with Gasteiger partial charge in [0.05, 0.1) is 13.1 Å². The second-order valence-corrected chi connectivity index (χ2v) is 8.51. The van der Waals surface area contributed by atoms with E-state index in [0.29, 0.717) is 24.5 Å². The molecule has 6 nitrogen and oxygen atoms in total. The number of carbonyl (C=O) groups is 2. The van der Waals surface area contributed by atoms with E-state index in [1.807, 2.05) is 11.9 Å². The average molecular weight is 366 g/mol. The Morgan fingerprint density at radius 2 is 1.69 bits per heavy atom. The van der Waals surface area contributed by atoms with E-state index in [1.54, 1.807) is 0 Å². The maximum absolute atomic E-state index is 13.0. The van der Waals surface area contributed by atoms with Crippen molar-refractivity contribution in [2.24, 2.45) is 5.92 Å². The standard InChI is InChI=1S/C20H35N3O3/c1-21(15-20(25)26)17-8-5-11-22(13-10-17)14-19(24)23-12-4-7-16-6-2-3-9-18(16)23/h16-18H,2-15H2,1H3,(H,25,26). The van der Waals surface area contributed by atoms with Crippen molar-refractivity contribution in [3.63, 3.8) is 0 Å². The van der Waals surface area contributed by atoms with Crippen LogP contribution in [0.2, 0.25) is 0 Å². The third-order valence-corrected chi connectivity index (χ3v) is 6.72. The Balaban J connectivity index is 1.50. The maximum Gasteiger partial charge on any atom is 0.317 e. The van der Waals surface area contributed by atoms with Crippen LogP contribution in [0.25, 0.3) is 0 Å². The molecular formula is C20H35N3O3. The van der Waals surface area contributed by atoms with Crippen LogP contribution < -0.4 is 0 Å². The van der Waals surface area contributed by atoms with E-state index in [9.17, 15) is 9.59 Å². The molecule has 148 valence electrons. The summed E-state index contributed by atoms with van der Waals surface area (Å²) in [5, 5.41) is 8.99. The van der Waals surface area contributed by atoms with Crippen LogP contribution in [-0.4, -0.2) is 83.5 Å². The summed E-state index contributed by atoms with van der Waals surface area (Å²) >= 11 is 0. The van der Waals surface area contributed by atoms with Crippen molar-refractivity contribution in [1.29, 1.82) is 0 Å². The van der Waals surface area contributed by atoms with Gasteiger partial charge >= 0.3 is 5.97 Å². The van der Waals surface area contributed by atoms with Gasteiger partial charge in [0.15, 0.2) is 0 Å². The molecule has 3 rings (SSSR count). The lowest BCUT2D eigenvalue weighted by atomic mass is 9.78. The van der Waals surface area contributed by atoms with E-state index >= 15 is 0 Å².